The van der Waals surface area contributed by atoms with E-state index >= 15 is 0 Å². The summed E-state index contributed by atoms with van der Waals surface area (Å²) in [6, 6.07) is 18.8. The Bertz CT molecular complexity index is 557. The molecule has 0 saturated carbocycles. The molecule has 0 bridgehead atoms. The molecule has 0 aliphatic carbocycles. The maximum Gasteiger partial charge on any atom is 0.241 e. The molecule has 0 heterocycles. The molecule has 4 heteroatoms. The van der Waals surface area contributed by atoms with Crippen LogP contribution in [0.5, 0.6) is 0 Å². The van der Waals surface area contributed by atoms with Crippen molar-refractivity contribution in [3.63, 3.8) is 0 Å². The summed E-state index contributed by atoms with van der Waals surface area (Å²) in [5, 5.41) is 2.88. The van der Waals surface area contributed by atoms with Crippen LogP contribution < -0.4 is 16.0 Å². The largest absolute Gasteiger partial charge is 0.373 e. The number of anilines is 1. The fraction of sp³-hybridized carbons (Fsp3) is 0.235. The van der Waals surface area contributed by atoms with Crippen LogP contribution in [-0.4, -0.2) is 26.0 Å². The van der Waals surface area contributed by atoms with Gasteiger partial charge in [0.1, 0.15) is 6.04 Å². The van der Waals surface area contributed by atoms with Crippen molar-refractivity contribution in [3.05, 3.63) is 66.2 Å². The van der Waals surface area contributed by atoms with E-state index in [9.17, 15) is 4.79 Å². The number of nitrogens with one attached hydrogen (secondary N) is 1. The Morgan fingerprint density at radius 1 is 1.10 bits per heavy atom. The first kappa shape index (κ1) is 15.1. The average molecular weight is 283 g/mol. The molecule has 1 atom stereocenters. The lowest BCUT2D eigenvalue weighted by molar-refractivity contribution is -0.122. The van der Waals surface area contributed by atoms with E-state index in [1.165, 1.54) is 0 Å². The third-order valence-electron chi connectivity index (χ3n) is 3.38. The molecular formula is C17H21N3O. The van der Waals surface area contributed by atoms with Crippen molar-refractivity contribution in [3.8, 4) is 0 Å². The number of hydrogen-bond donors (Lipinski definition) is 2. The third kappa shape index (κ3) is 4.33. The molecule has 2 aromatic carbocycles. The average Bonchev–Trinajstić information content (AvgIpc) is 2.55. The smallest absolute Gasteiger partial charge is 0.241 e. The van der Waals surface area contributed by atoms with Crippen molar-refractivity contribution in [1.82, 2.24) is 5.32 Å². The molecule has 3 N–H and O–H groups in total. The maximum atomic E-state index is 12.0. The zero-order chi connectivity index (χ0) is 15.1. The van der Waals surface area contributed by atoms with Gasteiger partial charge in [0.05, 0.1) is 0 Å². The highest BCUT2D eigenvalue weighted by Crippen LogP contribution is 2.11. The van der Waals surface area contributed by atoms with Gasteiger partial charge < -0.3 is 16.0 Å². The molecule has 1 amide bonds. The molecule has 0 fully saturated rings. The predicted molar refractivity (Wildman–Crippen MR) is 86.1 cm³/mol. The van der Waals surface area contributed by atoms with E-state index < -0.39 is 6.04 Å². The minimum Gasteiger partial charge on any atom is -0.373 e. The van der Waals surface area contributed by atoms with Crippen molar-refractivity contribution >= 4 is 11.6 Å². The maximum absolute atomic E-state index is 12.0. The Balaban J connectivity index is 1.79. The highest BCUT2D eigenvalue weighted by atomic mass is 16.2. The number of likely N-dealkylation sites (N-methyl/N-ethyl adjacent to an activating group) is 1. The van der Waals surface area contributed by atoms with Crippen molar-refractivity contribution in [1.29, 1.82) is 0 Å². The number of benzene rings is 2. The summed E-state index contributed by atoms with van der Waals surface area (Å²) in [5.74, 6) is -0.150. The molecule has 110 valence electrons. The van der Waals surface area contributed by atoms with E-state index in [2.05, 4.69) is 10.2 Å². The van der Waals surface area contributed by atoms with Gasteiger partial charge in [0.2, 0.25) is 5.91 Å². The number of nitrogens with two attached hydrogens (primary N) is 1. The first-order valence-corrected chi connectivity index (χ1v) is 7.03. The van der Waals surface area contributed by atoms with Gasteiger partial charge in [-0.15, -0.1) is 0 Å². The Labute approximate surface area is 125 Å². The number of amides is 1. The van der Waals surface area contributed by atoms with Crippen LogP contribution in [0.4, 0.5) is 5.69 Å². The van der Waals surface area contributed by atoms with Gasteiger partial charge in [-0.2, -0.15) is 0 Å². The van der Waals surface area contributed by atoms with Crippen LogP contribution in [0.3, 0.4) is 0 Å². The van der Waals surface area contributed by atoms with Crippen molar-refractivity contribution < 1.29 is 4.79 Å². The van der Waals surface area contributed by atoms with E-state index in [4.69, 9.17) is 5.73 Å². The van der Waals surface area contributed by atoms with Crippen molar-refractivity contribution in [2.45, 2.75) is 6.04 Å². The third-order valence-corrected chi connectivity index (χ3v) is 3.38. The lowest BCUT2D eigenvalue weighted by Crippen LogP contribution is -2.38. The Morgan fingerprint density at radius 3 is 2.29 bits per heavy atom. The van der Waals surface area contributed by atoms with Gasteiger partial charge in [0, 0.05) is 25.8 Å². The molecule has 0 radical (unpaired) electrons. The van der Waals surface area contributed by atoms with Crippen LogP contribution in [0.1, 0.15) is 11.6 Å². The second-order valence-corrected chi connectivity index (χ2v) is 4.94. The van der Waals surface area contributed by atoms with Gasteiger partial charge in [0.15, 0.2) is 0 Å². The van der Waals surface area contributed by atoms with Gasteiger partial charge >= 0.3 is 0 Å². The summed E-state index contributed by atoms with van der Waals surface area (Å²) in [6.45, 7) is 1.29. The number of nitrogens with zero attached hydrogens (tertiary/aromatic N) is 1. The second-order valence-electron chi connectivity index (χ2n) is 4.94. The van der Waals surface area contributed by atoms with E-state index in [1.54, 1.807) is 0 Å². The van der Waals surface area contributed by atoms with Crippen LogP contribution >= 0.6 is 0 Å². The molecule has 0 aliphatic rings. The summed E-state index contributed by atoms with van der Waals surface area (Å²) in [7, 11) is 2.00. The SMILES string of the molecule is CN(CCNC(=O)[C@@H](N)c1ccccc1)c1ccccc1. The molecular weight excluding hydrogens is 262 g/mol. The normalized spacial score (nSPS) is 11.7. The molecule has 21 heavy (non-hydrogen) atoms. The zero-order valence-corrected chi connectivity index (χ0v) is 12.2. The second kappa shape index (κ2) is 7.45. The van der Waals surface area contributed by atoms with Gasteiger partial charge in [0.25, 0.3) is 0 Å². The monoisotopic (exact) mass is 283 g/mol. The zero-order valence-electron chi connectivity index (χ0n) is 12.2. The van der Waals surface area contributed by atoms with E-state index in [1.807, 2.05) is 67.7 Å². The summed E-state index contributed by atoms with van der Waals surface area (Å²) < 4.78 is 0. The highest BCUT2D eigenvalue weighted by Gasteiger charge is 2.14. The summed E-state index contributed by atoms with van der Waals surface area (Å²) in [4.78, 5) is 14.1. The Hall–Kier alpha value is -2.33. The number of rotatable bonds is 6. The number of hydrogen-bond acceptors (Lipinski definition) is 3. The van der Waals surface area contributed by atoms with E-state index in [-0.39, 0.29) is 5.91 Å². The summed E-state index contributed by atoms with van der Waals surface area (Å²) in [6.07, 6.45) is 0. The summed E-state index contributed by atoms with van der Waals surface area (Å²) >= 11 is 0. The lowest BCUT2D eigenvalue weighted by atomic mass is 10.1. The topological polar surface area (TPSA) is 58.4 Å². The van der Waals surface area contributed by atoms with E-state index in [0.29, 0.717) is 6.54 Å². The van der Waals surface area contributed by atoms with Crippen LogP contribution in [0, 0.1) is 0 Å². The molecule has 4 nitrogen and oxygen atoms in total. The Kier molecular flexibility index (Phi) is 5.35. The van der Waals surface area contributed by atoms with Crippen LogP contribution in [-0.2, 0) is 4.79 Å². The summed E-state index contributed by atoms with van der Waals surface area (Å²) in [5.41, 5.74) is 7.89. The molecule has 2 rings (SSSR count). The van der Waals surface area contributed by atoms with Crippen LogP contribution in [0.25, 0.3) is 0 Å². The number of carbonyl (C=O) groups excluding carboxylic acids is 1. The lowest BCUT2D eigenvalue weighted by Gasteiger charge is -2.20. The highest BCUT2D eigenvalue weighted by molar-refractivity contribution is 5.82. The molecule has 2 aromatic rings. The fourth-order valence-electron chi connectivity index (χ4n) is 2.08. The molecule has 0 unspecified atom stereocenters. The Morgan fingerprint density at radius 2 is 1.67 bits per heavy atom. The molecule has 0 aliphatic heterocycles. The number of carbonyl (C=O) groups is 1. The van der Waals surface area contributed by atoms with Crippen molar-refractivity contribution in [2.75, 3.05) is 25.0 Å². The van der Waals surface area contributed by atoms with Gasteiger partial charge in [-0.25, -0.2) is 0 Å². The number of para-hydroxylation sites is 1. The molecule has 0 aromatic heterocycles. The van der Waals surface area contributed by atoms with Gasteiger partial charge in [-0.05, 0) is 17.7 Å². The predicted octanol–water partition coefficient (Wildman–Crippen LogP) is 1.94. The van der Waals surface area contributed by atoms with Gasteiger partial charge in [-0.1, -0.05) is 48.5 Å². The van der Waals surface area contributed by atoms with Crippen LogP contribution in [0.2, 0.25) is 0 Å². The standard InChI is InChI=1S/C17H21N3O/c1-20(15-10-6-3-7-11-15)13-12-19-17(21)16(18)14-8-4-2-5-9-14/h2-11,16H,12-13,18H2,1H3,(H,19,21)/t16-/m0/s1. The van der Waals surface area contributed by atoms with Crippen molar-refractivity contribution in [2.24, 2.45) is 5.73 Å². The van der Waals surface area contributed by atoms with Gasteiger partial charge in [-0.3, -0.25) is 4.79 Å². The fourth-order valence-corrected chi connectivity index (χ4v) is 2.08. The van der Waals surface area contributed by atoms with Crippen LogP contribution in [0.15, 0.2) is 60.7 Å². The first-order chi connectivity index (χ1) is 10.2. The first-order valence-electron chi connectivity index (χ1n) is 7.03. The molecule has 0 spiro atoms. The van der Waals surface area contributed by atoms with E-state index in [0.717, 1.165) is 17.8 Å². The minimum absolute atomic E-state index is 0.150. The molecule has 0 saturated heterocycles. The quantitative estimate of drug-likeness (QED) is 0.852. The minimum atomic E-state index is -0.617.